The zero-order valence-electron chi connectivity index (χ0n) is 11.2. The number of benzene rings is 1. The van der Waals surface area contributed by atoms with E-state index in [1.165, 1.54) is 18.4 Å². The number of hydrogen-bond donors (Lipinski definition) is 0. The predicted molar refractivity (Wildman–Crippen MR) is 72.0 cm³/mol. The third-order valence-electron chi connectivity index (χ3n) is 2.93. The van der Waals surface area contributed by atoms with Crippen LogP contribution in [0.3, 0.4) is 0 Å². The van der Waals surface area contributed by atoms with Gasteiger partial charge in [0.25, 0.3) is 0 Å². The lowest BCUT2D eigenvalue weighted by atomic mass is 10.1. The Kier molecular flexibility index (Phi) is 5.75. The summed E-state index contributed by atoms with van der Waals surface area (Å²) in [7, 11) is 0. The highest BCUT2D eigenvalue weighted by Gasteiger charge is 2.17. The van der Waals surface area contributed by atoms with Crippen molar-refractivity contribution in [3.8, 4) is 0 Å². The highest BCUT2D eigenvalue weighted by molar-refractivity contribution is 5.79. The van der Waals surface area contributed by atoms with Gasteiger partial charge in [-0.3, -0.25) is 4.79 Å². The molecule has 1 aromatic carbocycles. The number of carbonyl (C=O) groups excluding carboxylic acids is 1. The molecule has 2 rings (SSSR count). The van der Waals surface area contributed by atoms with Gasteiger partial charge >= 0.3 is 0 Å². The van der Waals surface area contributed by atoms with E-state index in [1.807, 2.05) is 30.9 Å². The minimum Gasteiger partial charge on any atom is -0.342 e. The lowest BCUT2D eigenvalue weighted by Gasteiger charge is -2.14. The quantitative estimate of drug-likeness (QED) is 0.768. The molecule has 1 amide bonds. The number of rotatable bonds is 2. The van der Waals surface area contributed by atoms with E-state index >= 15 is 0 Å². The maximum atomic E-state index is 11.8. The topological polar surface area (TPSA) is 20.3 Å². The van der Waals surface area contributed by atoms with Gasteiger partial charge in [-0.25, -0.2) is 0 Å². The van der Waals surface area contributed by atoms with Gasteiger partial charge in [-0.15, -0.1) is 0 Å². The van der Waals surface area contributed by atoms with E-state index in [9.17, 15) is 4.79 Å². The third-order valence-corrected chi connectivity index (χ3v) is 2.93. The van der Waals surface area contributed by atoms with Crippen LogP contribution in [0.1, 0.15) is 37.8 Å². The van der Waals surface area contributed by atoms with Gasteiger partial charge in [0, 0.05) is 13.1 Å². The number of aryl methyl sites for hydroxylation is 1. The Morgan fingerprint density at radius 2 is 1.65 bits per heavy atom. The minimum atomic E-state index is 0.274. The van der Waals surface area contributed by atoms with E-state index < -0.39 is 0 Å². The van der Waals surface area contributed by atoms with Crippen molar-refractivity contribution in [2.75, 3.05) is 13.1 Å². The average Bonchev–Trinajstić information content (AvgIpc) is 2.88. The van der Waals surface area contributed by atoms with Crippen LogP contribution in [-0.2, 0) is 11.2 Å². The number of nitrogens with zero attached hydrogens (tertiary/aromatic N) is 1. The first kappa shape index (κ1) is 13.8. The summed E-state index contributed by atoms with van der Waals surface area (Å²) >= 11 is 0. The van der Waals surface area contributed by atoms with E-state index in [0.717, 1.165) is 18.7 Å². The first-order chi connectivity index (χ1) is 8.25. The molecule has 0 bridgehead atoms. The fraction of sp³-hybridized carbons (Fsp3) is 0.533. The molecule has 0 saturated carbocycles. The molecule has 1 aliphatic heterocycles. The predicted octanol–water partition coefficient (Wildman–Crippen LogP) is 3.19. The highest BCUT2D eigenvalue weighted by atomic mass is 16.2. The van der Waals surface area contributed by atoms with Crippen molar-refractivity contribution in [3.63, 3.8) is 0 Å². The van der Waals surface area contributed by atoms with Crippen LogP contribution in [0.5, 0.6) is 0 Å². The van der Waals surface area contributed by atoms with E-state index in [-0.39, 0.29) is 5.91 Å². The average molecular weight is 233 g/mol. The summed E-state index contributed by atoms with van der Waals surface area (Å²) in [6.45, 7) is 7.96. The van der Waals surface area contributed by atoms with Crippen LogP contribution in [0, 0.1) is 6.92 Å². The number of amides is 1. The molecule has 0 aromatic heterocycles. The Labute approximate surface area is 105 Å². The van der Waals surface area contributed by atoms with Crippen LogP contribution in [0.4, 0.5) is 0 Å². The normalized spacial score (nSPS) is 14.2. The lowest BCUT2D eigenvalue weighted by molar-refractivity contribution is -0.129. The van der Waals surface area contributed by atoms with Crippen LogP contribution in [0.15, 0.2) is 24.3 Å². The minimum absolute atomic E-state index is 0.274. The van der Waals surface area contributed by atoms with Crippen molar-refractivity contribution in [1.82, 2.24) is 4.90 Å². The second-order valence-corrected chi connectivity index (χ2v) is 4.25. The van der Waals surface area contributed by atoms with Crippen molar-refractivity contribution in [1.29, 1.82) is 0 Å². The van der Waals surface area contributed by atoms with Crippen molar-refractivity contribution >= 4 is 5.91 Å². The molecule has 1 saturated heterocycles. The summed E-state index contributed by atoms with van der Waals surface area (Å²) in [5.74, 6) is 0.274. The van der Waals surface area contributed by atoms with Gasteiger partial charge in [-0.05, 0) is 25.3 Å². The lowest BCUT2D eigenvalue weighted by Crippen LogP contribution is -2.29. The molecule has 1 heterocycles. The van der Waals surface area contributed by atoms with Crippen LogP contribution >= 0.6 is 0 Å². The first-order valence-electron chi connectivity index (χ1n) is 6.59. The van der Waals surface area contributed by atoms with Crippen molar-refractivity contribution < 1.29 is 4.79 Å². The van der Waals surface area contributed by atoms with Gasteiger partial charge in [0.05, 0.1) is 6.42 Å². The Hall–Kier alpha value is -1.31. The molecule has 94 valence electrons. The van der Waals surface area contributed by atoms with Gasteiger partial charge in [0.15, 0.2) is 0 Å². The number of hydrogen-bond acceptors (Lipinski definition) is 1. The Morgan fingerprint density at radius 1 is 1.12 bits per heavy atom. The van der Waals surface area contributed by atoms with E-state index in [2.05, 4.69) is 19.1 Å². The molecular formula is C15H23NO. The number of carbonyl (C=O) groups is 1. The van der Waals surface area contributed by atoms with Crippen LogP contribution in [0.25, 0.3) is 0 Å². The van der Waals surface area contributed by atoms with E-state index in [0.29, 0.717) is 6.42 Å². The fourth-order valence-corrected chi connectivity index (χ4v) is 1.96. The SMILES string of the molecule is CC.Cc1ccc(CC(=O)N2CCCC2)cc1. The second-order valence-electron chi connectivity index (χ2n) is 4.25. The van der Waals surface area contributed by atoms with Gasteiger partial charge < -0.3 is 4.90 Å². The van der Waals surface area contributed by atoms with Crippen molar-refractivity contribution in [3.05, 3.63) is 35.4 Å². The second kappa shape index (κ2) is 7.10. The summed E-state index contributed by atoms with van der Waals surface area (Å²) < 4.78 is 0. The summed E-state index contributed by atoms with van der Waals surface area (Å²) in [6.07, 6.45) is 2.89. The largest absolute Gasteiger partial charge is 0.342 e. The highest BCUT2D eigenvalue weighted by Crippen LogP contribution is 2.11. The Bertz CT molecular complexity index is 336. The molecule has 0 atom stereocenters. The molecule has 0 unspecified atom stereocenters. The molecule has 1 aromatic rings. The zero-order chi connectivity index (χ0) is 12.7. The van der Waals surface area contributed by atoms with Gasteiger partial charge in [0.1, 0.15) is 0 Å². The van der Waals surface area contributed by atoms with Gasteiger partial charge in [-0.2, -0.15) is 0 Å². The molecular weight excluding hydrogens is 210 g/mol. The first-order valence-corrected chi connectivity index (χ1v) is 6.59. The maximum Gasteiger partial charge on any atom is 0.226 e. The Balaban J connectivity index is 0.000000686. The molecule has 0 aliphatic carbocycles. The van der Waals surface area contributed by atoms with Crippen LogP contribution < -0.4 is 0 Å². The van der Waals surface area contributed by atoms with Gasteiger partial charge in [-0.1, -0.05) is 43.7 Å². The summed E-state index contributed by atoms with van der Waals surface area (Å²) in [5.41, 5.74) is 2.37. The molecule has 0 N–H and O–H groups in total. The standard InChI is InChI=1S/C13H17NO.C2H6/c1-11-4-6-12(7-5-11)10-13(15)14-8-2-3-9-14;1-2/h4-7H,2-3,8-10H2,1H3;1-2H3. The molecule has 17 heavy (non-hydrogen) atoms. The van der Waals surface area contributed by atoms with Crippen LogP contribution in [-0.4, -0.2) is 23.9 Å². The third kappa shape index (κ3) is 4.22. The van der Waals surface area contributed by atoms with Crippen molar-refractivity contribution in [2.24, 2.45) is 0 Å². The molecule has 2 nitrogen and oxygen atoms in total. The fourth-order valence-electron chi connectivity index (χ4n) is 1.96. The molecule has 0 spiro atoms. The van der Waals surface area contributed by atoms with E-state index in [1.54, 1.807) is 0 Å². The Morgan fingerprint density at radius 3 is 2.18 bits per heavy atom. The van der Waals surface area contributed by atoms with Crippen LogP contribution in [0.2, 0.25) is 0 Å². The molecule has 1 aliphatic rings. The molecule has 2 heteroatoms. The molecule has 0 radical (unpaired) electrons. The summed E-state index contributed by atoms with van der Waals surface area (Å²) in [4.78, 5) is 13.8. The monoisotopic (exact) mass is 233 g/mol. The summed E-state index contributed by atoms with van der Waals surface area (Å²) in [5, 5.41) is 0. The summed E-state index contributed by atoms with van der Waals surface area (Å²) in [6, 6.07) is 8.21. The smallest absolute Gasteiger partial charge is 0.226 e. The zero-order valence-corrected chi connectivity index (χ0v) is 11.2. The molecule has 1 fully saturated rings. The van der Waals surface area contributed by atoms with Gasteiger partial charge in [0.2, 0.25) is 5.91 Å². The van der Waals surface area contributed by atoms with Crippen molar-refractivity contribution in [2.45, 2.75) is 40.0 Å². The maximum absolute atomic E-state index is 11.8. The number of likely N-dealkylation sites (tertiary alicyclic amines) is 1. The van der Waals surface area contributed by atoms with E-state index in [4.69, 9.17) is 0 Å².